The molecule has 4 rings (SSSR count). The maximum atomic E-state index is 10.2. The van der Waals surface area contributed by atoms with Gasteiger partial charge in [0, 0.05) is 7.05 Å². The monoisotopic (exact) mass is 349 g/mol. The van der Waals surface area contributed by atoms with Gasteiger partial charge in [0.1, 0.15) is 18.3 Å². The Kier molecular flexibility index (Phi) is 3.76. The first-order chi connectivity index (χ1) is 12.1. The predicted molar refractivity (Wildman–Crippen MR) is 81.1 cm³/mol. The lowest BCUT2D eigenvalue weighted by Gasteiger charge is -2.16. The number of nitrogens with one attached hydrogen (secondary N) is 2. The van der Waals surface area contributed by atoms with E-state index in [2.05, 4.69) is 40.9 Å². The number of imidazole rings is 1. The van der Waals surface area contributed by atoms with Gasteiger partial charge in [-0.2, -0.15) is 0 Å². The number of nitrogens with zero attached hydrogens (tertiary/aromatic N) is 7. The van der Waals surface area contributed by atoms with Gasteiger partial charge in [-0.05, 0) is 10.4 Å². The van der Waals surface area contributed by atoms with Gasteiger partial charge in [-0.3, -0.25) is 4.57 Å². The standard InChI is InChI=1S/C12H15N9O4/c1-13-8-5-11(16-9(15-8)10-17-19-20-18-10)21(3-14-5)12-7(24)6(23)4(2-22)25-12/h3-4,6-7,12,22-24H,2H2,1H3,(H,13,15,16)(H,17,18,19,20)/t4-,6+,7+,12-/m1/s1. The quantitative estimate of drug-likeness (QED) is 0.340. The molecule has 0 aromatic carbocycles. The second-order valence-corrected chi connectivity index (χ2v) is 5.45. The number of hydrogen-bond acceptors (Lipinski definition) is 11. The average Bonchev–Trinajstić information content (AvgIpc) is 3.35. The van der Waals surface area contributed by atoms with Gasteiger partial charge in [0.25, 0.3) is 0 Å². The Morgan fingerprint density at radius 1 is 1.32 bits per heavy atom. The molecule has 0 amide bonds. The van der Waals surface area contributed by atoms with Gasteiger partial charge in [0.05, 0.1) is 12.9 Å². The predicted octanol–water partition coefficient (Wildman–Crippen LogP) is -2.34. The van der Waals surface area contributed by atoms with Crippen molar-refractivity contribution in [3.05, 3.63) is 6.33 Å². The number of aliphatic hydroxyl groups excluding tert-OH is 3. The highest BCUT2D eigenvalue weighted by Crippen LogP contribution is 2.32. The van der Waals surface area contributed by atoms with Gasteiger partial charge in [0.2, 0.25) is 11.6 Å². The summed E-state index contributed by atoms with van der Waals surface area (Å²) in [5.74, 6) is 0.907. The zero-order chi connectivity index (χ0) is 17.6. The summed E-state index contributed by atoms with van der Waals surface area (Å²) in [5.41, 5.74) is 0.789. The van der Waals surface area contributed by atoms with Crippen molar-refractivity contribution in [1.82, 2.24) is 40.1 Å². The highest BCUT2D eigenvalue weighted by atomic mass is 16.6. The number of rotatable bonds is 4. The van der Waals surface area contributed by atoms with E-state index in [1.165, 1.54) is 10.9 Å². The third-order valence-corrected chi connectivity index (χ3v) is 4.01. The van der Waals surface area contributed by atoms with Crippen molar-refractivity contribution in [2.24, 2.45) is 0 Å². The minimum atomic E-state index is -1.25. The van der Waals surface area contributed by atoms with Crippen molar-refractivity contribution in [3.8, 4) is 11.6 Å². The summed E-state index contributed by atoms with van der Waals surface area (Å²) in [6.07, 6.45) is -2.92. The molecule has 0 aliphatic carbocycles. The first-order valence-electron chi connectivity index (χ1n) is 7.43. The SMILES string of the molecule is CNc1nc(-c2nnn[nH]2)nc2c1ncn2[C@@H]1O[C@H](CO)[C@H](O)[C@@H]1O. The Bertz CT molecular complexity index is 882. The number of anilines is 1. The number of aliphatic hydroxyl groups is 3. The minimum absolute atomic E-state index is 0.218. The summed E-state index contributed by atoms with van der Waals surface area (Å²) < 4.78 is 7.00. The number of aromatic amines is 1. The van der Waals surface area contributed by atoms with Crippen LogP contribution in [0, 0.1) is 0 Å². The number of aromatic nitrogens is 8. The highest BCUT2D eigenvalue weighted by molar-refractivity contribution is 5.84. The van der Waals surface area contributed by atoms with Gasteiger partial charge in [-0.25, -0.2) is 20.1 Å². The molecule has 0 bridgehead atoms. The molecule has 1 fully saturated rings. The van der Waals surface area contributed by atoms with Gasteiger partial charge < -0.3 is 25.4 Å². The normalized spacial score (nSPS) is 26.4. The van der Waals surface area contributed by atoms with E-state index in [0.717, 1.165) is 0 Å². The van der Waals surface area contributed by atoms with Crippen LogP contribution in [0.2, 0.25) is 0 Å². The summed E-state index contributed by atoms with van der Waals surface area (Å²) >= 11 is 0. The molecule has 5 N–H and O–H groups in total. The molecule has 25 heavy (non-hydrogen) atoms. The van der Waals surface area contributed by atoms with E-state index in [1.54, 1.807) is 7.05 Å². The average molecular weight is 349 g/mol. The summed E-state index contributed by atoms with van der Waals surface area (Å²) in [7, 11) is 1.68. The fourth-order valence-corrected chi connectivity index (χ4v) is 2.75. The van der Waals surface area contributed by atoms with Crippen molar-refractivity contribution >= 4 is 17.0 Å². The van der Waals surface area contributed by atoms with Crippen LogP contribution in [0.15, 0.2) is 6.33 Å². The lowest BCUT2D eigenvalue weighted by atomic mass is 10.1. The molecule has 0 radical (unpaired) electrons. The molecule has 13 nitrogen and oxygen atoms in total. The molecule has 1 saturated heterocycles. The Labute approximate surface area is 139 Å². The van der Waals surface area contributed by atoms with Crippen molar-refractivity contribution in [1.29, 1.82) is 0 Å². The molecule has 4 heterocycles. The van der Waals surface area contributed by atoms with Crippen LogP contribution in [0.25, 0.3) is 22.8 Å². The van der Waals surface area contributed by atoms with E-state index >= 15 is 0 Å². The topological polar surface area (TPSA) is 180 Å². The summed E-state index contributed by atoms with van der Waals surface area (Å²) in [5, 5.41) is 45.7. The van der Waals surface area contributed by atoms with Crippen LogP contribution in [-0.2, 0) is 4.74 Å². The smallest absolute Gasteiger partial charge is 0.217 e. The number of fused-ring (bicyclic) bond motifs is 1. The highest BCUT2D eigenvalue weighted by Gasteiger charge is 2.44. The van der Waals surface area contributed by atoms with Crippen molar-refractivity contribution in [2.45, 2.75) is 24.5 Å². The lowest BCUT2D eigenvalue weighted by molar-refractivity contribution is -0.0511. The number of ether oxygens (including phenoxy) is 1. The number of H-pyrrole nitrogens is 1. The fourth-order valence-electron chi connectivity index (χ4n) is 2.75. The Morgan fingerprint density at radius 3 is 2.80 bits per heavy atom. The van der Waals surface area contributed by atoms with E-state index in [1.807, 2.05) is 0 Å². The molecule has 132 valence electrons. The van der Waals surface area contributed by atoms with Crippen molar-refractivity contribution < 1.29 is 20.1 Å². The van der Waals surface area contributed by atoms with E-state index in [4.69, 9.17) is 4.74 Å². The van der Waals surface area contributed by atoms with E-state index in [-0.39, 0.29) is 11.6 Å². The van der Waals surface area contributed by atoms with Crippen LogP contribution in [0.5, 0.6) is 0 Å². The molecule has 1 aliphatic rings. The van der Waals surface area contributed by atoms with Crippen molar-refractivity contribution in [3.63, 3.8) is 0 Å². The largest absolute Gasteiger partial charge is 0.394 e. The third kappa shape index (κ3) is 2.41. The fraction of sp³-hybridized carbons (Fsp3) is 0.500. The first-order valence-corrected chi connectivity index (χ1v) is 7.43. The second-order valence-electron chi connectivity index (χ2n) is 5.45. The van der Waals surface area contributed by atoms with Crippen LogP contribution in [0.4, 0.5) is 5.82 Å². The van der Waals surface area contributed by atoms with Crippen LogP contribution in [0.3, 0.4) is 0 Å². The zero-order valence-electron chi connectivity index (χ0n) is 13.0. The molecule has 0 spiro atoms. The van der Waals surface area contributed by atoms with Gasteiger partial charge in [0.15, 0.2) is 23.2 Å². The summed E-state index contributed by atoms with van der Waals surface area (Å²) in [6, 6.07) is 0. The van der Waals surface area contributed by atoms with Crippen LogP contribution in [-0.4, -0.2) is 87.4 Å². The first kappa shape index (κ1) is 15.8. The molecule has 0 unspecified atom stereocenters. The molecular formula is C12H15N9O4. The van der Waals surface area contributed by atoms with E-state index in [0.29, 0.717) is 17.0 Å². The number of tetrazole rings is 1. The maximum Gasteiger partial charge on any atom is 0.217 e. The molecule has 13 heteroatoms. The van der Waals surface area contributed by atoms with E-state index < -0.39 is 31.1 Å². The molecule has 3 aromatic rings. The Hall–Kier alpha value is -2.74. The Morgan fingerprint density at radius 2 is 2.16 bits per heavy atom. The zero-order valence-corrected chi connectivity index (χ0v) is 13.0. The molecule has 0 saturated carbocycles. The third-order valence-electron chi connectivity index (χ3n) is 4.01. The van der Waals surface area contributed by atoms with Crippen LogP contribution in [0.1, 0.15) is 6.23 Å². The lowest BCUT2D eigenvalue weighted by Crippen LogP contribution is -2.33. The summed E-state index contributed by atoms with van der Waals surface area (Å²) in [6.45, 7) is -0.424. The molecule has 4 atom stereocenters. The van der Waals surface area contributed by atoms with Gasteiger partial charge in [-0.15, -0.1) is 5.10 Å². The summed E-state index contributed by atoms with van der Waals surface area (Å²) in [4.78, 5) is 12.9. The minimum Gasteiger partial charge on any atom is -0.394 e. The number of hydrogen-bond donors (Lipinski definition) is 5. The van der Waals surface area contributed by atoms with Gasteiger partial charge >= 0.3 is 0 Å². The second kappa shape index (κ2) is 5.96. The molecule has 3 aromatic heterocycles. The molecule has 1 aliphatic heterocycles. The Balaban J connectivity index is 1.84. The van der Waals surface area contributed by atoms with Crippen LogP contribution < -0.4 is 5.32 Å². The van der Waals surface area contributed by atoms with Crippen molar-refractivity contribution in [2.75, 3.05) is 19.0 Å². The maximum absolute atomic E-state index is 10.2. The molecular weight excluding hydrogens is 334 g/mol. The van der Waals surface area contributed by atoms with Crippen LogP contribution >= 0.6 is 0 Å². The van der Waals surface area contributed by atoms with Gasteiger partial charge in [-0.1, -0.05) is 0 Å². The van der Waals surface area contributed by atoms with E-state index in [9.17, 15) is 15.3 Å².